The number of rotatable bonds is 9. The van der Waals surface area contributed by atoms with Crippen LogP contribution in [0.3, 0.4) is 0 Å². The highest BCUT2D eigenvalue weighted by Crippen LogP contribution is 2.28. The van der Waals surface area contributed by atoms with Crippen molar-refractivity contribution < 1.29 is 13.2 Å². The number of nitrogens with two attached hydrogens (primary N) is 1. The molecule has 0 bridgehead atoms. The summed E-state index contributed by atoms with van der Waals surface area (Å²) in [5.41, 5.74) is 1.24. The third-order valence-corrected chi connectivity index (χ3v) is 4.25. The summed E-state index contributed by atoms with van der Waals surface area (Å²) in [7, 11) is -3.33. The minimum Gasteiger partial charge on any atom is -0.493 e. The topological polar surface area (TPSA) is 69.4 Å². The third-order valence-electron chi connectivity index (χ3n) is 3.39. The first-order chi connectivity index (χ1) is 9.44. The third kappa shape index (κ3) is 6.39. The lowest BCUT2D eigenvalue weighted by Crippen LogP contribution is -2.16. The van der Waals surface area contributed by atoms with E-state index in [-0.39, 0.29) is 5.75 Å². The lowest BCUT2D eigenvalue weighted by Gasteiger charge is -2.15. The summed E-state index contributed by atoms with van der Waals surface area (Å²) in [5, 5.41) is 4.95. The fourth-order valence-corrected chi connectivity index (χ4v) is 2.61. The molecule has 1 atom stereocenters. The van der Waals surface area contributed by atoms with Gasteiger partial charge in [0.15, 0.2) is 0 Å². The fourth-order valence-electron chi connectivity index (χ4n) is 2.00. The zero-order valence-corrected chi connectivity index (χ0v) is 13.2. The van der Waals surface area contributed by atoms with Crippen LogP contribution in [0.5, 0.6) is 5.75 Å². The molecule has 1 rings (SSSR count). The van der Waals surface area contributed by atoms with Gasteiger partial charge in [-0.2, -0.15) is 0 Å². The van der Waals surface area contributed by atoms with Crippen LogP contribution in [-0.4, -0.2) is 20.8 Å². The van der Waals surface area contributed by atoms with Gasteiger partial charge in [0, 0.05) is 0 Å². The fraction of sp³-hybridized carbons (Fsp3) is 0.600. The van der Waals surface area contributed by atoms with Crippen LogP contribution in [0.25, 0.3) is 0 Å². The lowest BCUT2D eigenvalue weighted by atomic mass is 9.98. The maximum Gasteiger partial charge on any atom is 0.209 e. The minimum atomic E-state index is -3.33. The van der Waals surface area contributed by atoms with Crippen LogP contribution in [0, 0.1) is 0 Å². The summed E-state index contributed by atoms with van der Waals surface area (Å²) < 4.78 is 27.4. The van der Waals surface area contributed by atoms with Crippen LogP contribution in [0.15, 0.2) is 24.3 Å². The van der Waals surface area contributed by atoms with E-state index < -0.39 is 10.0 Å². The first-order valence-corrected chi connectivity index (χ1v) is 8.87. The zero-order valence-electron chi connectivity index (χ0n) is 12.3. The highest BCUT2D eigenvalue weighted by molar-refractivity contribution is 7.89. The van der Waals surface area contributed by atoms with Gasteiger partial charge >= 0.3 is 0 Å². The van der Waals surface area contributed by atoms with E-state index in [2.05, 4.69) is 19.9 Å². The summed E-state index contributed by atoms with van der Waals surface area (Å²) in [5.74, 6) is 1.47. The largest absolute Gasteiger partial charge is 0.493 e. The van der Waals surface area contributed by atoms with E-state index in [0.717, 1.165) is 25.0 Å². The molecule has 0 spiro atoms. The van der Waals surface area contributed by atoms with Crippen molar-refractivity contribution >= 4 is 10.0 Å². The van der Waals surface area contributed by atoms with E-state index >= 15 is 0 Å². The first-order valence-electron chi connectivity index (χ1n) is 7.16. The Bertz CT molecular complexity index is 500. The molecule has 0 aliphatic carbocycles. The molecular formula is C15H25NO3S. The molecule has 20 heavy (non-hydrogen) atoms. The summed E-state index contributed by atoms with van der Waals surface area (Å²) in [6.07, 6.45) is 3.32. The number of primary sulfonamides is 1. The van der Waals surface area contributed by atoms with Gasteiger partial charge in [-0.3, -0.25) is 0 Å². The van der Waals surface area contributed by atoms with Gasteiger partial charge in [-0.15, -0.1) is 0 Å². The van der Waals surface area contributed by atoms with Crippen molar-refractivity contribution in [3.8, 4) is 5.75 Å². The summed E-state index contributed by atoms with van der Waals surface area (Å²) in [4.78, 5) is 0. The van der Waals surface area contributed by atoms with Gasteiger partial charge in [-0.1, -0.05) is 32.0 Å². The number of unbranched alkanes of at least 4 members (excludes halogenated alkanes) is 2. The number of ether oxygens (including phenoxy) is 1. The Morgan fingerprint density at radius 3 is 2.55 bits per heavy atom. The highest BCUT2D eigenvalue weighted by Gasteiger charge is 2.09. The van der Waals surface area contributed by atoms with Gasteiger partial charge in [0.05, 0.1) is 12.4 Å². The van der Waals surface area contributed by atoms with Crippen molar-refractivity contribution in [1.29, 1.82) is 0 Å². The van der Waals surface area contributed by atoms with Crippen LogP contribution in [0.1, 0.15) is 51.0 Å². The van der Waals surface area contributed by atoms with Gasteiger partial charge in [0.25, 0.3) is 0 Å². The number of hydrogen-bond acceptors (Lipinski definition) is 3. The second-order valence-corrected chi connectivity index (χ2v) is 6.86. The van der Waals surface area contributed by atoms with Crippen molar-refractivity contribution in [2.45, 2.75) is 45.4 Å². The first kappa shape index (κ1) is 17.0. The molecule has 0 amide bonds. The predicted molar refractivity (Wildman–Crippen MR) is 82.5 cm³/mol. The highest BCUT2D eigenvalue weighted by atomic mass is 32.2. The smallest absolute Gasteiger partial charge is 0.209 e. The molecule has 0 saturated heterocycles. The maximum atomic E-state index is 10.8. The van der Waals surface area contributed by atoms with Crippen LogP contribution in [0.2, 0.25) is 0 Å². The normalized spacial score (nSPS) is 13.2. The van der Waals surface area contributed by atoms with E-state index in [9.17, 15) is 8.42 Å². The molecule has 0 saturated carbocycles. The monoisotopic (exact) mass is 299 g/mol. The molecule has 1 aromatic carbocycles. The van der Waals surface area contributed by atoms with Crippen molar-refractivity contribution in [3.05, 3.63) is 29.8 Å². The molecule has 4 nitrogen and oxygen atoms in total. The summed E-state index contributed by atoms with van der Waals surface area (Å²) >= 11 is 0. The van der Waals surface area contributed by atoms with Crippen LogP contribution in [-0.2, 0) is 10.0 Å². The van der Waals surface area contributed by atoms with Gasteiger partial charge in [0.1, 0.15) is 5.75 Å². The SMILES string of the molecule is CCC(C)c1ccccc1OCCCCCS(N)(=O)=O. The Morgan fingerprint density at radius 1 is 1.20 bits per heavy atom. The average Bonchev–Trinajstić information content (AvgIpc) is 2.41. The van der Waals surface area contributed by atoms with Crippen molar-refractivity contribution in [1.82, 2.24) is 0 Å². The quantitative estimate of drug-likeness (QED) is 0.712. The molecule has 1 aromatic rings. The number of sulfonamides is 1. The molecule has 0 fully saturated rings. The van der Waals surface area contributed by atoms with Crippen LogP contribution >= 0.6 is 0 Å². The molecule has 0 aromatic heterocycles. The van der Waals surface area contributed by atoms with Crippen LogP contribution in [0.4, 0.5) is 0 Å². The maximum absolute atomic E-state index is 10.8. The van der Waals surface area contributed by atoms with E-state index in [4.69, 9.17) is 9.88 Å². The summed E-state index contributed by atoms with van der Waals surface area (Å²) in [6.45, 7) is 4.96. The molecule has 114 valence electrons. The molecule has 0 aliphatic rings. The minimum absolute atomic E-state index is 0.0520. The lowest BCUT2D eigenvalue weighted by molar-refractivity contribution is 0.301. The molecule has 5 heteroatoms. The Morgan fingerprint density at radius 2 is 1.90 bits per heavy atom. The van der Waals surface area contributed by atoms with E-state index in [0.29, 0.717) is 18.9 Å². The van der Waals surface area contributed by atoms with Crippen molar-refractivity contribution in [2.75, 3.05) is 12.4 Å². The van der Waals surface area contributed by atoms with Gasteiger partial charge in [0.2, 0.25) is 10.0 Å². The Hall–Kier alpha value is -1.07. The van der Waals surface area contributed by atoms with E-state index in [1.165, 1.54) is 5.56 Å². The number of hydrogen-bond donors (Lipinski definition) is 1. The molecule has 0 heterocycles. The van der Waals surface area contributed by atoms with Crippen LogP contribution < -0.4 is 9.88 Å². The standard InChI is InChI=1S/C15H25NO3S/c1-3-13(2)14-9-5-6-10-15(14)19-11-7-4-8-12-20(16,17)18/h5-6,9-10,13H,3-4,7-8,11-12H2,1-2H3,(H2,16,17,18). The average molecular weight is 299 g/mol. The zero-order chi connectivity index (χ0) is 15.0. The molecular weight excluding hydrogens is 274 g/mol. The Labute approximate surface area is 122 Å². The van der Waals surface area contributed by atoms with Crippen molar-refractivity contribution in [3.63, 3.8) is 0 Å². The summed E-state index contributed by atoms with van der Waals surface area (Å²) in [6, 6.07) is 8.10. The molecule has 0 radical (unpaired) electrons. The van der Waals surface area contributed by atoms with Crippen molar-refractivity contribution in [2.24, 2.45) is 5.14 Å². The molecule has 1 unspecified atom stereocenters. The second-order valence-electron chi connectivity index (χ2n) is 5.12. The predicted octanol–water partition coefficient (Wildman–Crippen LogP) is 3.04. The van der Waals surface area contributed by atoms with Gasteiger partial charge < -0.3 is 4.74 Å². The molecule has 2 N–H and O–H groups in total. The Kier molecular flexibility index (Phi) is 7.02. The Balaban J connectivity index is 2.35. The van der Waals surface area contributed by atoms with E-state index in [1.54, 1.807) is 0 Å². The van der Waals surface area contributed by atoms with E-state index in [1.807, 2.05) is 18.2 Å². The van der Waals surface area contributed by atoms with Gasteiger partial charge in [-0.25, -0.2) is 13.6 Å². The number of para-hydroxylation sites is 1. The van der Waals surface area contributed by atoms with Gasteiger partial charge in [-0.05, 0) is 43.2 Å². The second kappa shape index (κ2) is 8.27. The molecule has 0 aliphatic heterocycles. The number of benzene rings is 1.